The van der Waals surface area contributed by atoms with Gasteiger partial charge in [-0.25, -0.2) is 0 Å². The summed E-state index contributed by atoms with van der Waals surface area (Å²) in [5.74, 6) is 2.71. The van der Waals surface area contributed by atoms with E-state index >= 15 is 0 Å². The van der Waals surface area contributed by atoms with Crippen molar-refractivity contribution in [2.75, 3.05) is 6.54 Å². The van der Waals surface area contributed by atoms with Crippen LogP contribution in [0.1, 0.15) is 47.6 Å². The predicted molar refractivity (Wildman–Crippen MR) is 88.2 cm³/mol. The summed E-state index contributed by atoms with van der Waals surface area (Å²) in [7, 11) is 0. The van der Waals surface area contributed by atoms with Crippen LogP contribution in [0, 0.1) is 12.3 Å². The quantitative estimate of drug-likeness (QED) is 0.640. The Morgan fingerprint density at radius 1 is 0.952 bits per heavy atom. The standard InChI is InChI=1S/C20H21N/c1-2-3-4-9-14-21-20-18-12-7-5-10-16(18)15-17-11-6-8-13-19(17)20/h1,5-8,10-13,20-21H,3-4,9,14-15H2. The number of rotatable bonds is 5. The van der Waals surface area contributed by atoms with Gasteiger partial charge in [-0.1, -0.05) is 48.5 Å². The lowest BCUT2D eigenvalue weighted by Crippen LogP contribution is -2.28. The van der Waals surface area contributed by atoms with Crippen molar-refractivity contribution in [1.82, 2.24) is 5.32 Å². The van der Waals surface area contributed by atoms with Gasteiger partial charge in [0.15, 0.2) is 0 Å². The van der Waals surface area contributed by atoms with Gasteiger partial charge in [0.05, 0.1) is 6.04 Å². The molecule has 2 aromatic carbocycles. The minimum Gasteiger partial charge on any atom is -0.306 e. The van der Waals surface area contributed by atoms with Gasteiger partial charge in [0.2, 0.25) is 0 Å². The normalized spacial score (nSPS) is 13.3. The van der Waals surface area contributed by atoms with Crippen LogP contribution in [-0.4, -0.2) is 6.54 Å². The van der Waals surface area contributed by atoms with Crippen LogP contribution in [0.2, 0.25) is 0 Å². The summed E-state index contributed by atoms with van der Waals surface area (Å²) in [5, 5.41) is 3.72. The van der Waals surface area contributed by atoms with Crippen LogP contribution >= 0.6 is 0 Å². The number of hydrogen-bond acceptors (Lipinski definition) is 1. The van der Waals surface area contributed by atoms with Crippen molar-refractivity contribution < 1.29 is 0 Å². The summed E-state index contributed by atoms with van der Waals surface area (Å²) in [6.07, 6.45) is 9.45. The molecule has 1 N–H and O–H groups in total. The zero-order valence-electron chi connectivity index (χ0n) is 12.3. The fourth-order valence-electron chi connectivity index (χ4n) is 3.14. The molecule has 0 bridgehead atoms. The molecule has 0 atom stereocenters. The Bertz CT molecular complexity index is 605. The minimum absolute atomic E-state index is 0.317. The van der Waals surface area contributed by atoms with Crippen molar-refractivity contribution >= 4 is 0 Å². The highest BCUT2D eigenvalue weighted by Crippen LogP contribution is 2.34. The second kappa shape index (κ2) is 6.61. The molecule has 0 fully saturated rings. The maximum atomic E-state index is 5.31. The first-order valence-corrected chi connectivity index (χ1v) is 7.72. The lowest BCUT2D eigenvalue weighted by Gasteiger charge is -2.29. The van der Waals surface area contributed by atoms with Gasteiger partial charge < -0.3 is 5.32 Å². The second-order valence-corrected chi connectivity index (χ2v) is 5.62. The smallest absolute Gasteiger partial charge is 0.0582 e. The summed E-state index contributed by atoms with van der Waals surface area (Å²) in [6, 6.07) is 17.9. The molecule has 2 aromatic rings. The fraction of sp³-hybridized carbons (Fsp3) is 0.300. The van der Waals surface area contributed by atoms with E-state index in [4.69, 9.17) is 6.42 Å². The maximum Gasteiger partial charge on any atom is 0.0582 e. The molecule has 0 saturated heterocycles. The Labute approximate surface area is 127 Å². The monoisotopic (exact) mass is 275 g/mol. The lowest BCUT2D eigenvalue weighted by atomic mass is 9.82. The number of fused-ring (bicyclic) bond motifs is 2. The van der Waals surface area contributed by atoms with Crippen molar-refractivity contribution in [3.05, 3.63) is 70.8 Å². The van der Waals surface area contributed by atoms with E-state index in [1.54, 1.807) is 0 Å². The SMILES string of the molecule is C#CCCCCNC1c2ccccc2Cc2ccccc21. The first-order chi connectivity index (χ1) is 10.4. The van der Waals surface area contributed by atoms with Crippen molar-refractivity contribution in [3.63, 3.8) is 0 Å². The van der Waals surface area contributed by atoms with Crippen molar-refractivity contribution in [1.29, 1.82) is 0 Å². The molecule has 0 unspecified atom stereocenters. The summed E-state index contributed by atoms with van der Waals surface area (Å²) in [5.41, 5.74) is 5.73. The average molecular weight is 275 g/mol. The third-order valence-electron chi connectivity index (χ3n) is 4.21. The van der Waals surface area contributed by atoms with Crippen LogP contribution in [0.4, 0.5) is 0 Å². The molecule has 3 rings (SSSR count). The molecule has 0 radical (unpaired) electrons. The highest BCUT2D eigenvalue weighted by Gasteiger charge is 2.23. The number of hydrogen-bond donors (Lipinski definition) is 1. The molecule has 0 aliphatic heterocycles. The molecule has 0 aromatic heterocycles. The van der Waals surface area contributed by atoms with Crippen molar-refractivity contribution in [2.24, 2.45) is 0 Å². The molecular formula is C20H21N. The second-order valence-electron chi connectivity index (χ2n) is 5.62. The summed E-state index contributed by atoms with van der Waals surface area (Å²) >= 11 is 0. The van der Waals surface area contributed by atoms with Crippen LogP contribution in [0.3, 0.4) is 0 Å². The number of benzene rings is 2. The molecule has 106 valence electrons. The van der Waals surface area contributed by atoms with Gasteiger partial charge in [-0.3, -0.25) is 0 Å². The highest BCUT2D eigenvalue weighted by molar-refractivity contribution is 5.48. The zero-order valence-corrected chi connectivity index (χ0v) is 12.3. The molecule has 0 spiro atoms. The van der Waals surface area contributed by atoms with Crippen LogP contribution in [-0.2, 0) is 6.42 Å². The van der Waals surface area contributed by atoms with E-state index < -0.39 is 0 Å². The molecule has 0 saturated carbocycles. The van der Waals surface area contributed by atoms with E-state index in [0.717, 1.165) is 32.2 Å². The van der Waals surface area contributed by atoms with Gasteiger partial charge in [-0.05, 0) is 48.1 Å². The Morgan fingerprint density at radius 3 is 2.19 bits per heavy atom. The van der Waals surface area contributed by atoms with Crippen LogP contribution in [0.15, 0.2) is 48.5 Å². The first-order valence-electron chi connectivity index (χ1n) is 7.72. The molecule has 21 heavy (non-hydrogen) atoms. The highest BCUT2D eigenvalue weighted by atomic mass is 14.9. The Kier molecular flexibility index (Phi) is 4.38. The van der Waals surface area contributed by atoms with E-state index in [1.165, 1.54) is 22.3 Å². The molecule has 0 amide bonds. The van der Waals surface area contributed by atoms with Gasteiger partial charge in [0.25, 0.3) is 0 Å². The van der Waals surface area contributed by atoms with Gasteiger partial charge >= 0.3 is 0 Å². The predicted octanol–water partition coefficient (Wildman–Crippen LogP) is 4.07. The van der Waals surface area contributed by atoms with E-state index in [-0.39, 0.29) is 0 Å². The molecule has 1 aliphatic carbocycles. The van der Waals surface area contributed by atoms with Crippen LogP contribution in [0.5, 0.6) is 0 Å². The van der Waals surface area contributed by atoms with Crippen molar-refractivity contribution in [3.8, 4) is 12.3 Å². The molecular weight excluding hydrogens is 254 g/mol. The lowest BCUT2D eigenvalue weighted by molar-refractivity contribution is 0.561. The van der Waals surface area contributed by atoms with Crippen LogP contribution < -0.4 is 5.32 Å². The summed E-state index contributed by atoms with van der Waals surface area (Å²) in [6.45, 7) is 1.01. The Balaban J connectivity index is 1.80. The Hall–Kier alpha value is -2.04. The molecule has 0 heterocycles. The van der Waals surface area contributed by atoms with E-state index in [2.05, 4.69) is 59.8 Å². The van der Waals surface area contributed by atoms with Gasteiger partial charge in [-0.2, -0.15) is 0 Å². The van der Waals surface area contributed by atoms with E-state index in [1.807, 2.05) is 0 Å². The van der Waals surface area contributed by atoms with Gasteiger partial charge in [0.1, 0.15) is 0 Å². The Morgan fingerprint density at radius 2 is 1.57 bits per heavy atom. The van der Waals surface area contributed by atoms with Gasteiger partial charge in [-0.15, -0.1) is 12.3 Å². The third kappa shape index (κ3) is 3.01. The molecule has 1 aliphatic rings. The largest absolute Gasteiger partial charge is 0.306 e. The zero-order chi connectivity index (χ0) is 14.5. The molecule has 1 heteroatoms. The first kappa shape index (κ1) is 13.9. The van der Waals surface area contributed by atoms with Crippen LogP contribution in [0.25, 0.3) is 0 Å². The van der Waals surface area contributed by atoms with Crippen molar-refractivity contribution in [2.45, 2.75) is 31.7 Å². The molecule has 1 nitrogen and oxygen atoms in total. The van der Waals surface area contributed by atoms with E-state index in [9.17, 15) is 0 Å². The summed E-state index contributed by atoms with van der Waals surface area (Å²) < 4.78 is 0. The minimum atomic E-state index is 0.317. The topological polar surface area (TPSA) is 12.0 Å². The van der Waals surface area contributed by atoms with E-state index in [0.29, 0.717) is 6.04 Å². The third-order valence-corrected chi connectivity index (χ3v) is 4.21. The average Bonchev–Trinajstić information content (AvgIpc) is 2.53. The van der Waals surface area contributed by atoms with Gasteiger partial charge in [0, 0.05) is 6.42 Å². The maximum absolute atomic E-state index is 5.31. The summed E-state index contributed by atoms with van der Waals surface area (Å²) in [4.78, 5) is 0. The number of terminal acetylenes is 1. The fourth-order valence-corrected chi connectivity index (χ4v) is 3.14. The number of nitrogens with one attached hydrogen (secondary N) is 1. The number of unbranched alkanes of at least 4 members (excludes halogenated alkanes) is 2.